The molecule has 5 heteroatoms. The van der Waals surface area contributed by atoms with Gasteiger partial charge in [0.25, 0.3) is 0 Å². The number of aryl methyl sites for hydroxylation is 2. The predicted octanol–water partition coefficient (Wildman–Crippen LogP) is 2.84. The summed E-state index contributed by atoms with van der Waals surface area (Å²) < 4.78 is 20.4. The van der Waals surface area contributed by atoms with Crippen LogP contribution >= 0.6 is 0 Å². The number of aromatic nitrogens is 2. The minimum absolute atomic E-state index is 0.164. The van der Waals surface area contributed by atoms with E-state index in [2.05, 4.69) is 5.10 Å². The molecule has 2 rings (SSSR count). The van der Waals surface area contributed by atoms with Crippen LogP contribution in [-0.4, -0.2) is 9.78 Å². The van der Waals surface area contributed by atoms with Crippen LogP contribution < -0.4 is 4.74 Å². The number of nitrogens with zero attached hydrogens (tertiary/aromatic N) is 3. The first-order valence-electron chi connectivity index (χ1n) is 5.40. The van der Waals surface area contributed by atoms with Crippen molar-refractivity contribution in [3.05, 3.63) is 41.0 Å². The highest BCUT2D eigenvalue weighted by atomic mass is 19.1. The molecule has 0 radical (unpaired) electrons. The maximum absolute atomic E-state index is 13.0. The van der Waals surface area contributed by atoms with E-state index in [-0.39, 0.29) is 5.56 Å². The molecule has 18 heavy (non-hydrogen) atoms. The van der Waals surface area contributed by atoms with Gasteiger partial charge in [-0.15, -0.1) is 0 Å². The Morgan fingerprint density at radius 2 is 2.11 bits per heavy atom. The zero-order valence-corrected chi connectivity index (χ0v) is 10.4. The first-order chi connectivity index (χ1) is 8.52. The summed E-state index contributed by atoms with van der Waals surface area (Å²) in [5.74, 6) is 0.470. The highest BCUT2D eigenvalue weighted by molar-refractivity contribution is 5.47. The number of nitriles is 1. The SMILES string of the molecule is Cc1nn(C)c(C)c1Oc1ccc(F)cc1C#N. The van der Waals surface area contributed by atoms with Crippen molar-refractivity contribution in [2.75, 3.05) is 0 Å². The third-order valence-corrected chi connectivity index (χ3v) is 2.72. The molecule has 0 saturated carbocycles. The average molecular weight is 245 g/mol. The van der Waals surface area contributed by atoms with E-state index in [9.17, 15) is 4.39 Å². The van der Waals surface area contributed by atoms with Gasteiger partial charge in [0.1, 0.15) is 23.3 Å². The molecule has 4 nitrogen and oxygen atoms in total. The van der Waals surface area contributed by atoms with Gasteiger partial charge in [-0.1, -0.05) is 0 Å². The maximum Gasteiger partial charge on any atom is 0.171 e. The lowest BCUT2D eigenvalue weighted by molar-refractivity contribution is 0.470. The second kappa shape index (κ2) is 4.49. The molecule has 0 unspecified atom stereocenters. The molecule has 0 amide bonds. The second-order valence-corrected chi connectivity index (χ2v) is 3.98. The molecular formula is C13H12FN3O. The predicted molar refractivity (Wildman–Crippen MR) is 63.9 cm³/mol. The van der Waals surface area contributed by atoms with Crippen LogP contribution in [0.15, 0.2) is 18.2 Å². The Balaban J connectivity index is 2.44. The summed E-state index contributed by atoms with van der Waals surface area (Å²) in [6.45, 7) is 3.68. The molecule has 0 aliphatic carbocycles. The lowest BCUT2D eigenvalue weighted by Gasteiger charge is -2.07. The number of halogens is 1. The highest BCUT2D eigenvalue weighted by Gasteiger charge is 2.14. The number of rotatable bonds is 2. The van der Waals surface area contributed by atoms with E-state index in [1.807, 2.05) is 27.0 Å². The van der Waals surface area contributed by atoms with E-state index >= 15 is 0 Å². The average Bonchev–Trinajstić information content (AvgIpc) is 2.58. The summed E-state index contributed by atoms with van der Waals surface area (Å²) in [4.78, 5) is 0. The lowest BCUT2D eigenvalue weighted by atomic mass is 10.2. The van der Waals surface area contributed by atoms with Crippen LogP contribution in [0.1, 0.15) is 17.0 Å². The Labute approximate surface area is 104 Å². The second-order valence-electron chi connectivity index (χ2n) is 3.98. The fourth-order valence-electron chi connectivity index (χ4n) is 1.69. The smallest absolute Gasteiger partial charge is 0.171 e. The molecule has 0 spiro atoms. The van der Waals surface area contributed by atoms with Gasteiger partial charge in [-0.3, -0.25) is 4.68 Å². The van der Waals surface area contributed by atoms with E-state index in [0.717, 1.165) is 17.5 Å². The molecule has 92 valence electrons. The van der Waals surface area contributed by atoms with Gasteiger partial charge in [-0.05, 0) is 32.0 Å². The van der Waals surface area contributed by atoms with Gasteiger partial charge in [0.2, 0.25) is 0 Å². The van der Waals surface area contributed by atoms with Crippen molar-refractivity contribution in [2.45, 2.75) is 13.8 Å². The molecule has 0 fully saturated rings. The first kappa shape index (κ1) is 12.1. The van der Waals surface area contributed by atoms with Crippen LogP contribution in [0.3, 0.4) is 0 Å². The summed E-state index contributed by atoms with van der Waals surface area (Å²) in [5, 5.41) is 13.2. The molecule has 0 N–H and O–H groups in total. The molecule has 0 saturated heterocycles. The maximum atomic E-state index is 13.0. The largest absolute Gasteiger partial charge is 0.452 e. The molecule has 1 aromatic heterocycles. The Morgan fingerprint density at radius 3 is 2.67 bits per heavy atom. The third-order valence-electron chi connectivity index (χ3n) is 2.72. The van der Waals surface area contributed by atoms with Crippen molar-refractivity contribution >= 4 is 0 Å². The van der Waals surface area contributed by atoms with Gasteiger partial charge in [-0.25, -0.2) is 4.39 Å². The van der Waals surface area contributed by atoms with Crippen LogP contribution in [-0.2, 0) is 7.05 Å². The topological polar surface area (TPSA) is 50.8 Å². The summed E-state index contributed by atoms with van der Waals surface area (Å²) in [7, 11) is 1.81. The molecule has 0 aliphatic heterocycles. The lowest BCUT2D eigenvalue weighted by Crippen LogP contribution is -1.94. The van der Waals surface area contributed by atoms with Crippen LogP contribution in [0.5, 0.6) is 11.5 Å². The Hall–Kier alpha value is -2.35. The van der Waals surface area contributed by atoms with Gasteiger partial charge in [0, 0.05) is 7.05 Å². The standard InChI is InChI=1S/C13H12FN3O/c1-8-13(9(2)17(3)16-8)18-12-5-4-11(14)6-10(12)7-15/h4-6H,1-3H3. The molecular weight excluding hydrogens is 233 g/mol. The number of hydrogen-bond donors (Lipinski definition) is 0. The van der Waals surface area contributed by atoms with Gasteiger partial charge in [-0.2, -0.15) is 10.4 Å². The minimum atomic E-state index is -0.460. The quantitative estimate of drug-likeness (QED) is 0.817. The van der Waals surface area contributed by atoms with E-state index in [1.165, 1.54) is 12.1 Å². The van der Waals surface area contributed by atoms with Gasteiger partial charge in [0.05, 0.1) is 11.3 Å². The summed E-state index contributed by atoms with van der Waals surface area (Å²) in [6.07, 6.45) is 0. The number of ether oxygens (including phenoxy) is 1. The van der Waals surface area contributed by atoms with Crippen molar-refractivity contribution in [2.24, 2.45) is 7.05 Å². The summed E-state index contributed by atoms with van der Waals surface area (Å²) in [5.41, 5.74) is 1.74. The number of benzene rings is 1. The van der Waals surface area contributed by atoms with E-state index in [0.29, 0.717) is 11.5 Å². The summed E-state index contributed by atoms with van der Waals surface area (Å²) in [6, 6.07) is 5.76. The van der Waals surface area contributed by atoms with Gasteiger partial charge >= 0.3 is 0 Å². The van der Waals surface area contributed by atoms with Crippen molar-refractivity contribution in [3.63, 3.8) is 0 Å². The van der Waals surface area contributed by atoms with E-state index in [1.54, 1.807) is 4.68 Å². The molecule has 0 bridgehead atoms. The third kappa shape index (κ3) is 2.05. The molecule has 0 aliphatic rings. The first-order valence-corrected chi connectivity index (χ1v) is 5.40. The normalized spacial score (nSPS) is 10.2. The van der Waals surface area contributed by atoms with Crippen LogP contribution in [0.2, 0.25) is 0 Å². The van der Waals surface area contributed by atoms with Gasteiger partial charge in [0.15, 0.2) is 5.75 Å². The molecule has 0 atom stereocenters. The minimum Gasteiger partial charge on any atom is -0.452 e. The fourth-order valence-corrected chi connectivity index (χ4v) is 1.69. The fraction of sp³-hybridized carbons (Fsp3) is 0.231. The van der Waals surface area contributed by atoms with Crippen LogP contribution in [0.4, 0.5) is 4.39 Å². The summed E-state index contributed by atoms with van der Waals surface area (Å²) >= 11 is 0. The van der Waals surface area contributed by atoms with E-state index in [4.69, 9.17) is 10.00 Å². The monoisotopic (exact) mass is 245 g/mol. The Bertz CT molecular complexity index is 640. The number of hydrogen-bond acceptors (Lipinski definition) is 3. The van der Waals surface area contributed by atoms with Crippen molar-refractivity contribution in [1.29, 1.82) is 5.26 Å². The Morgan fingerprint density at radius 1 is 1.39 bits per heavy atom. The van der Waals surface area contributed by atoms with Gasteiger partial charge < -0.3 is 4.74 Å². The van der Waals surface area contributed by atoms with Crippen molar-refractivity contribution < 1.29 is 9.13 Å². The van der Waals surface area contributed by atoms with E-state index < -0.39 is 5.82 Å². The molecule has 2 aromatic rings. The van der Waals surface area contributed by atoms with Crippen LogP contribution in [0.25, 0.3) is 0 Å². The molecule has 1 aromatic carbocycles. The Kier molecular flexibility index (Phi) is 3.02. The zero-order chi connectivity index (χ0) is 13.3. The van der Waals surface area contributed by atoms with Crippen LogP contribution in [0, 0.1) is 31.0 Å². The molecule has 1 heterocycles. The zero-order valence-electron chi connectivity index (χ0n) is 10.4. The highest BCUT2D eigenvalue weighted by Crippen LogP contribution is 2.30. The van der Waals surface area contributed by atoms with Crippen molar-refractivity contribution in [3.8, 4) is 17.6 Å². The van der Waals surface area contributed by atoms with Crippen molar-refractivity contribution in [1.82, 2.24) is 9.78 Å².